The molecule has 4 heteroatoms. The summed E-state index contributed by atoms with van der Waals surface area (Å²) in [6.07, 6.45) is 1.85. The highest BCUT2D eigenvalue weighted by Crippen LogP contribution is 2.39. The first-order valence-corrected chi connectivity index (χ1v) is 15.5. The van der Waals surface area contributed by atoms with Crippen molar-refractivity contribution in [2.75, 3.05) is 0 Å². The Morgan fingerprint density at radius 3 is 2.41 bits per heavy atom. The highest BCUT2D eigenvalue weighted by Gasteiger charge is 2.22. The molecule has 0 saturated carbocycles. The summed E-state index contributed by atoms with van der Waals surface area (Å²) in [6, 6.07) is 22.4. The van der Waals surface area contributed by atoms with E-state index in [0.717, 1.165) is 50.4 Å². The van der Waals surface area contributed by atoms with Gasteiger partial charge in [-0.2, -0.15) is 5.26 Å². The lowest BCUT2D eigenvalue weighted by Gasteiger charge is -2.22. The second kappa shape index (κ2) is 7.82. The number of furan rings is 1. The molecule has 3 nitrogen and oxygen atoms in total. The van der Waals surface area contributed by atoms with Crippen LogP contribution >= 0.6 is 0 Å². The van der Waals surface area contributed by atoms with Crippen LogP contribution in [0.3, 0.4) is 0 Å². The lowest BCUT2D eigenvalue weighted by Crippen LogP contribution is -2.24. The number of fused-ring (bicyclic) bond motifs is 4. The van der Waals surface area contributed by atoms with E-state index in [4.69, 9.17) is 9.40 Å². The minimum absolute atomic E-state index is 0.00910. The third kappa shape index (κ3) is 3.91. The first-order chi connectivity index (χ1) is 16.0. The van der Waals surface area contributed by atoms with Crippen molar-refractivity contribution in [3.8, 4) is 17.3 Å². The zero-order valence-electron chi connectivity index (χ0n) is 20.8. The first kappa shape index (κ1) is 22.4. The monoisotopic (exact) mass is 462 g/mol. The van der Waals surface area contributed by atoms with Crippen molar-refractivity contribution in [2.24, 2.45) is 0 Å². The van der Waals surface area contributed by atoms with E-state index in [9.17, 15) is 5.26 Å². The Morgan fingerprint density at radius 2 is 1.71 bits per heavy atom. The van der Waals surface area contributed by atoms with Crippen LogP contribution in [0.1, 0.15) is 37.5 Å². The molecule has 2 aromatic heterocycles. The summed E-state index contributed by atoms with van der Waals surface area (Å²) >= 11 is 0. The third-order valence-electron chi connectivity index (χ3n) is 6.40. The Labute approximate surface area is 202 Å². The number of hydrogen-bond donors (Lipinski definition) is 0. The van der Waals surface area contributed by atoms with Crippen molar-refractivity contribution < 1.29 is 4.42 Å². The lowest BCUT2D eigenvalue weighted by molar-refractivity contribution is 0.596. The van der Waals surface area contributed by atoms with Gasteiger partial charge in [0.2, 0.25) is 0 Å². The normalized spacial score (nSPS) is 12.5. The van der Waals surface area contributed by atoms with E-state index in [1.807, 2.05) is 18.3 Å². The third-order valence-corrected chi connectivity index (χ3v) is 7.84. The number of hydrogen-bond acceptors (Lipinski definition) is 3. The molecule has 5 rings (SSSR count). The maximum absolute atomic E-state index is 9.85. The molecular formula is C30H30N2OSi. The Kier molecular flexibility index (Phi) is 5.15. The largest absolute Gasteiger partial charge is 0.454 e. The Balaban J connectivity index is 1.78. The van der Waals surface area contributed by atoms with E-state index >= 15 is 0 Å². The van der Waals surface area contributed by atoms with Crippen molar-refractivity contribution in [3.05, 3.63) is 77.5 Å². The Hall–Kier alpha value is -3.42. The van der Waals surface area contributed by atoms with E-state index in [2.05, 4.69) is 88.9 Å². The van der Waals surface area contributed by atoms with Crippen molar-refractivity contribution in [1.29, 1.82) is 5.26 Å². The van der Waals surface area contributed by atoms with E-state index in [-0.39, 0.29) is 5.41 Å². The van der Waals surface area contributed by atoms with Crippen molar-refractivity contribution in [2.45, 2.75) is 51.9 Å². The summed E-state index contributed by atoms with van der Waals surface area (Å²) < 4.78 is 6.47. The van der Waals surface area contributed by atoms with Crippen LogP contribution in [-0.4, -0.2) is 13.1 Å². The molecule has 0 atom stereocenters. The van der Waals surface area contributed by atoms with Gasteiger partial charge >= 0.3 is 0 Å². The zero-order valence-corrected chi connectivity index (χ0v) is 21.8. The molecule has 5 aromatic rings. The summed E-state index contributed by atoms with van der Waals surface area (Å²) in [7, 11) is -1.39. The van der Waals surface area contributed by atoms with Crippen molar-refractivity contribution in [3.63, 3.8) is 0 Å². The quantitative estimate of drug-likeness (QED) is 0.253. The van der Waals surface area contributed by atoms with Crippen LogP contribution in [0.5, 0.6) is 0 Å². The zero-order chi connectivity index (χ0) is 24.3. The van der Waals surface area contributed by atoms with Crippen LogP contribution in [-0.2, 0) is 11.5 Å². The first-order valence-electron chi connectivity index (χ1n) is 11.8. The molecule has 3 aromatic carbocycles. The van der Waals surface area contributed by atoms with Gasteiger partial charge in [-0.25, -0.2) is 0 Å². The van der Waals surface area contributed by atoms with Gasteiger partial charge in [-0.15, -0.1) is 0 Å². The number of benzene rings is 3. The summed E-state index contributed by atoms with van der Waals surface area (Å²) in [4.78, 5) is 4.77. The number of rotatable bonds is 3. The molecule has 0 unspecified atom stereocenters. The fraction of sp³-hybridized carbons (Fsp3) is 0.267. The molecule has 0 saturated heterocycles. The average Bonchev–Trinajstić information content (AvgIpc) is 3.13. The van der Waals surface area contributed by atoms with Gasteiger partial charge in [0, 0.05) is 30.6 Å². The molecule has 170 valence electrons. The summed E-state index contributed by atoms with van der Waals surface area (Å²) in [5.41, 5.74) is 6.62. The fourth-order valence-corrected chi connectivity index (χ4v) is 6.32. The predicted octanol–water partition coefficient (Wildman–Crippen LogP) is 8.39. The van der Waals surface area contributed by atoms with Gasteiger partial charge in [0.1, 0.15) is 11.3 Å². The molecule has 0 aliphatic heterocycles. The van der Waals surface area contributed by atoms with Gasteiger partial charge in [-0.3, -0.25) is 4.98 Å². The standard InChI is InChI=1S/C30H30N2OSi/c1-30(2,3)26-15-20(13-19-9-7-8-10-23(19)26)28-29-24(11-12-32-28)25-14-21(17-31)22(16-27(25)33-29)18-34(4,5)6/h7-16H,18H2,1-6H3. The minimum Gasteiger partial charge on any atom is -0.454 e. The van der Waals surface area contributed by atoms with Crippen LogP contribution in [0.2, 0.25) is 19.6 Å². The number of nitrogens with zero attached hydrogens (tertiary/aromatic N) is 2. The van der Waals surface area contributed by atoms with Crippen LogP contribution in [0.4, 0.5) is 0 Å². The van der Waals surface area contributed by atoms with E-state index in [0.29, 0.717) is 0 Å². The minimum atomic E-state index is -1.39. The van der Waals surface area contributed by atoms with Crippen LogP contribution in [0.25, 0.3) is 44.0 Å². The summed E-state index contributed by atoms with van der Waals surface area (Å²) in [5.74, 6) is 0. The van der Waals surface area contributed by atoms with E-state index in [1.165, 1.54) is 16.3 Å². The fourth-order valence-electron chi connectivity index (χ4n) is 4.89. The lowest BCUT2D eigenvalue weighted by atomic mass is 9.82. The van der Waals surface area contributed by atoms with Gasteiger partial charge in [-0.05, 0) is 63.7 Å². The van der Waals surface area contributed by atoms with Gasteiger partial charge in [0.25, 0.3) is 0 Å². The molecule has 0 bridgehead atoms. The second-order valence-electron chi connectivity index (χ2n) is 11.5. The molecule has 0 spiro atoms. The van der Waals surface area contributed by atoms with Crippen LogP contribution in [0, 0.1) is 11.3 Å². The van der Waals surface area contributed by atoms with Crippen molar-refractivity contribution in [1.82, 2.24) is 4.98 Å². The molecule has 0 N–H and O–H groups in total. The Bertz CT molecular complexity index is 1610. The molecule has 0 radical (unpaired) electrons. The number of nitriles is 1. The second-order valence-corrected chi connectivity index (χ2v) is 17.0. The molecular weight excluding hydrogens is 432 g/mol. The SMILES string of the molecule is CC(C)(C)c1cc(-c2nccc3c2oc2cc(C[Si](C)(C)C)c(C#N)cc23)cc2ccccc12. The van der Waals surface area contributed by atoms with Gasteiger partial charge < -0.3 is 4.42 Å². The average molecular weight is 463 g/mol. The van der Waals surface area contributed by atoms with Gasteiger partial charge in [0.15, 0.2) is 5.58 Å². The highest BCUT2D eigenvalue weighted by atomic mass is 28.3. The van der Waals surface area contributed by atoms with E-state index < -0.39 is 8.07 Å². The summed E-state index contributed by atoms with van der Waals surface area (Å²) in [5, 5.41) is 14.3. The highest BCUT2D eigenvalue weighted by molar-refractivity contribution is 6.75. The summed E-state index contributed by atoms with van der Waals surface area (Å²) in [6.45, 7) is 13.7. The molecule has 34 heavy (non-hydrogen) atoms. The van der Waals surface area contributed by atoms with E-state index in [1.54, 1.807) is 0 Å². The maximum atomic E-state index is 9.85. The maximum Gasteiger partial charge on any atom is 0.161 e. The van der Waals surface area contributed by atoms with Crippen molar-refractivity contribution >= 4 is 40.8 Å². The smallest absolute Gasteiger partial charge is 0.161 e. The topological polar surface area (TPSA) is 49.8 Å². The predicted molar refractivity (Wildman–Crippen MR) is 145 cm³/mol. The van der Waals surface area contributed by atoms with Crippen LogP contribution < -0.4 is 0 Å². The molecule has 0 amide bonds. The number of aromatic nitrogens is 1. The van der Waals surface area contributed by atoms with Gasteiger partial charge in [-0.1, -0.05) is 64.7 Å². The Morgan fingerprint density at radius 1 is 0.941 bits per heavy atom. The molecule has 0 aliphatic carbocycles. The van der Waals surface area contributed by atoms with Gasteiger partial charge in [0.05, 0.1) is 11.6 Å². The van der Waals surface area contributed by atoms with Crippen LogP contribution in [0.15, 0.2) is 65.2 Å². The number of pyridine rings is 1. The molecule has 2 heterocycles. The molecule has 0 aliphatic rings. The molecule has 0 fully saturated rings.